The Bertz CT molecular complexity index is 292. The molecule has 0 aliphatic rings. The molecule has 0 atom stereocenters. The average Bonchev–Trinajstić information content (AvgIpc) is 2.64. The summed E-state index contributed by atoms with van der Waals surface area (Å²) in [6.45, 7) is 5.41. The van der Waals surface area contributed by atoms with Crippen LogP contribution < -0.4 is 5.32 Å². The van der Waals surface area contributed by atoms with E-state index < -0.39 is 5.60 Å². The van der Waals surface area contributed by atoms with E-state index in [1.54, 1.807) is 4.68 Å². The van der Waals surface area contributed by atoms with Crippen molar-refractivity contribution in [3.63, 3.8) is 0 Å². The fraction of sp³-hybridized carbons (Fsp3) is 0.727. The molecule has 0 spiro atoms. The van der Waals surface area contributed by atoms with Crippen LogP contribution in [-0.2, 0) is 13.6 Å². The minimum atomic E-state index is -0.567. The summed E-state index contributed by atoms with van der Waals surface area (Å²) in [5.41, 5.74) is 0.578. The maximum Gasteiger partial charge on any atom is 0.0766 e. The third-order valence-corrected chi connectivity index (χ3v) is 2.86. The van der Waals surface area contributed by atoms with Gasteiger partial charge in [-0.05, 0) is 12.8 Å². The molecule has 1 rings (SSSR count). The van der Waals surface area contributed by atoms with Crippen LogP contribution in [0.15, 0.2) is 12.4 Å². The van der Waals surface area contributed by atoms with Crippen LogP contribution in [0.3, 0.4) is 0 Å². The van der Waals surface area contributed by atoms with E-state index in [-0.39, 0.29) is 0 Å². The van der Waals surface area contributed by atoms with Crippen molar-refractivity contribution in [1.29, 1.82) is 0 Å². The average molecular weight is 211 g/mol. The molecule has 0 saturated heterocycles. The molecule has 1 aromatic rings. The first-order valence-electron chi connectivity index (χ1n) is 5.50. The normalized spacial score (nSPS) is 12.0. The lowest BCUT2D eigenvalue weighted by atomic mass is 9.97. The molecule has 0 fully saturated rings. The summed E-state index contributed by atoms with van der Waals surface area (Å²) in [7, 11) is 1.90. The first kappa shape index (κ1) is 12.2. The van der Waals surface area contributed by atoms with E-state index in [1.807, 2.05) is 33.3 Å². The first-order chi connectivity index (χ1) is 7.09. The largest absolute Gasteiger partial charge is 0.389 e. The Morgan fingerprint density at radius 3 is 2.60 bits per heavy atom. The fourth-order valence-electron chi connectivity index (χ4n) is 1.50. The van der Waals surface area contributed by atoms with Crippen molar-refractivity contribution in [2.24, 2.45) is 7.05 Å². The molecule has 86 valence electrons. The van der Waals surface area contributed by atoms with Gasteiger partial charge in [-0.3, -0.25) is 4.68 Å². The van der Waals surface area contributed by atoms with Gasteiger partial charge in [0.2, 0.25) is 0 Å². The number of nitrogens with one attached hydrogen (secondary N) is 1. The molecule has 0 unspecified atom stereocenters. The summed E-state index contributed by atoms with van der Waals surface area (Å²) in [6.07, 6.45) is 5.38. The van der Waals surface area contributed by atoms with Gasteiger partial charge in [-0.2, -0.15) is 5.10 Å². The predicted molar refractivity (Wildman–Crippen MR) is 60.4 cm³/mol. The Balaban J connectivity index is 2.32. The Hall–Kier alpha value is -0.870. The highest BCUT2D eigenvalue weighted by molar-refractivity contribution is 5.03. The van der Waals surface area contributed by atoms with Crippen LogP contribution in [0.5, 0.6) is 0 Å². The molecule has 0 saturated carbocycles. The second-order valence-electron chi connectivity index (χ2n) is 4.06. The van der Waals surface area contributed by atoms with Crippen molar-refractivity contribution in [2.75, 3.05) is 6.54 Å². The van der Waals surface area contributed by atoms with Crippen LogP contribution in [0.2, 0.25) is 0 Å². The molecule has 2 N–H and O–H groups in total. The van der Waals surface area contributed by atoms with E-state index in [4.69, 9.17) is 0 Å². The first-order valence-corrected chi connectivity index (χ1v) is 5.50. The van der Waals surface area contributed by atoms with Crippen LogP contribution >= 0.6 is 0 Å². The topological polar surface area (TPSA) is 50.1 Å². The summed E-state index contributed by atoms with van der Waals surface area (Å²) in [5.74, 6) is 0. The van der Waals surface area contributed by atoms with Gasteiger partial charge in [-0.15, -0.1) is 0 Å². The fourth-order valence-corrected chi connectivity index (χ4v) is 1.50. The van der Waals surface area contributed by atoms with E-state index in [1.165, 1.54) is 0 Å². The van der Waals surface area contributed by atoms with E-state index in [0.29, 0.717) is 6.54 Å². The smallest absolute Gasteiger partial charge is 0.0766 e. The van der Waals surface area contributed by atoms with Crippen LogP contribution in [0, 0.1) is 0 Å². The molecule has 15 heavy (non-hydrogen) atoms. The maximum atomic E-state index is 10.0. The van der Waals surface area contributed by atoms with Gasteiger partial charge in [0.1, 0.15) is 0 Å². The number of aromatic nitrogens is 2. The van der Waals surface area contributed by atoms with Crippen LogP contribution in [0.25, 0.3) is 0 Å². The summed E-state index contributed by atoms with van der Waals surface area (Å²) < 4.78 is 1.78. The van der Waals surface area contributed by atoms with Crippen molar-refractivity contribution in [3.8, 4) is 0 Å². The molecule has 0 aromatic carbocycles. The monoisotopic (exact) mass is 211 g/mol. The quantitative estimate of drug-likeness (QED) is 0.740. The Morgan fingerprint density at radius 2 is 2.13 bits per heavy atom. The standard InChI is InChI=1S/C11H21N3O/c1-4-11(15,5-2)9-12-6-10-7-13-14(3)8-10/h7-8,12,15H,4-6,9H2,1-3H3. The summed E-state index contributed by atoms with van der Waals surface area (Å²) in [4.78, 5) is 0. The second kappa shape index (κ2) is 5.28. The highest BCUT2D eigenvalue weighted by atomic mass is 16.3. The van der Waals surface area contributed by atoms with Gasteiger partial charge < -0.3 is 10.4 Å². The summed E-state index contributed by atoms with van der Waals surface area (Å²) in [5, 5.41) is 17.4. The van der Waals surface area contributed by atoms with E-state index in [9.17, 15) is 5.11 Å². The van der Waals surface area contributed by atoms with Crippen molar-refractivity contribution in [3.05, 3.63) is 18.0 Å². The molecule has 0 amide bonds. The maximum absolute atomic E-state index is 10.0. The molecular weight excluding hydrogens is 190 g/mol. The lowest BCUT2D eigenvalue weighted by Gasteiger charge is -2.25. The molecule has 1 aromatic heterocycles. The van der Waals surface area contributed by atoms with Crippen molar-refractivity contribution < 1.29 is 5.11 Å². The SMILES string of the molecule is CCC(O)(CC)CNCc1cnn(C)c1. The van der Waals surface area contributed by atoms with Crippen molar-refractivity contribution in [1.82, 2.24) is 15.1 Å². The number of hydrogen-bond donors (Lipinski definition) is 2. The van der Waals surface area contributed by atoms with Gasteiger partial charge in [0.05, 0.1) is 11.8 Å². The highest BCUT2D eigenvalue weighted by Crippen LogP contribution is 2.13. The Morgan fingerprint density at radius 1 is 1.47 bits per heavy atom. The minimum Gasteiger partial charge on any atom is -0.389 e. The van der Waals surface area contributed by atoms with Gasteiger partial charge in [0.25, 0.3) is 0 Å². The molecule has 4 heteroatoms. The van der Waals surface area contributed by atoms with E-state index in [0.717, 1.165) is 24.9 Å². The summed E-state index contributed by atoms with van der Waals surface area (Å²) in [6, 6.07) is 0. The lowest BCUT2D eigenvalue weighted by molar-refractivity contribution is 0.0323. The van der Waals surface area contributed by atoms with E-state index in [2.05, 4.69) is 10.4 Å². The highest BCUT2D eigenvalue weighted by Gasteiger charge is 2.20. The number of nitrogens with zero attached hydrogens (tertiary/aromatic N) is 2. The minimum absolute atomic E-state index is 0.567. The zero-order valence-corrected chi connectivity index (χ0v) is 9.82. The van der Waals surface area contributed by atoms with Crippen LogP contribution in [0.1, 0.15) is 32.3 Å². The van der Waals surface area contributed by atoms with Gasteiger partial charge in [-0.25, -0.2) is 0 Å². The molecule has 0 radical (unpaired) electrons. The van der Waals surface area contributed by atoms with Crippen LogP contribution in [0.4, 0.5) is 0 Å². The van der Waals surface area contributed by atoms with Crippen LogP contribution in [-0.4, -0.2) is 27.0 Å². The van der Waals surface area contributed by atoms with E-state index >= 15 is 0 Å². The zero-order valence-electron chi connectivity index (χ0n) is 9.82. The summed E-state index contributed by atoms with van der Waals surface area (Å²) >= 11 is 0. The Kier molecular flexibility index (Phi) is 4.29. The number of aryl methyl sites for hydroxylation is 1. The molecule has 1 heterocycles. The van der Waals surface area contributed by atoms with Gasteiger partial charge >= 0.3 is 0 Å². The molecular formula is C11H21N3O. The number of hydrogen-bond acceptors (Lipinski definition) is 3. The molecule has 0 aliphatic carbocycles. The molecule has 0 bridgehead atoms. The number of rotatable bonds is 6. The zero-order chi connectivity index (χ0) is 11.3. The third kappa shape index (κ3) is 3.64. The second-order valence-corrected chi connectivity index (χ2v) is 4.06. The van der Waals surface area contributed by atoms with Crippen molar-refractivity contribution in [2.45, 2.75) is 38.8 Å². The number of aliphatic hydroxyl groups is 1. The third-order valence-electron chi connectivity index (χ3n) is 2.86. The molecule has 4 nitrogen and oxygen atoms in total. The van der Waals surface area contributed by atoms with Gasteiger partial charge in [0.15, 0.2) is 0 Å². The Labute approximate surface area is 91.3 Å². The van der Waals surface area contributed by atoms with Gasteiger partial charge in [-0.1, -0.05) is 13.8 Å². The van der Waals surface area contributed by atoms with Gasteiger partial charge in [0, 0.05) is 31.9 Å². The molecule has 0 aliphatic heterocycles. The van der Waals surface area contributed by atoms with Crippen molar-refractivity contribution >= 4 is 0 Å². The lowest BCUT2D eigenvalue weighted by Crippen LogP contribution is -2.39. The predicted octanol–water partition coefficient (Wildman–Crippen LogP) is 1.06.